The molecule has 1 N–H and O–H groups in total. The number of rotatable bonds is 5. The average molecular weight is 319 g/mol. The van der Waals surface area contributed by atoms with Crippen LogP contribution in [0.1, 0.15) is 36.9 Å². The van der Waals surface area contributed by atoms with Crippen LogP contribution in [0.15, 0.2) is 0 Å². The number of nitrogens with one attached hydrogen (secondary N) is 1. The van der Waals surface area contributed by atoms with Gasteiger partial charge in [-0.1, -0.05) is 0 Å². The molecule has 1 saturated carbocycles. The predicted octanol–water partition coefficient (Wildman–Crippen LogP) is 1.29. The smallest absolute Gasteiger partial charge is 0.225 e. The normalized spacial score (nSPS) is 19.2. The number of carbonyl (C=O) groups is 1. The van der Waals surface area contributed by atoms with Crippen LogP contribution in [-0.2, 0) is 18.4 Å². The third-order valence-corrected chi connectivity index (χ3v) is 5.04. The standard InChI is InChI=1S/C17H29N5O/c1-12-15(16(20(2)3)21(4)19-12)11-18-14-7-9-22(10-8-14)17(23)13-5-6-13/h13-14,18H,5-11H2,1-4H3. The molecule has 6 heteroatoms. The Balaban J connectivity index is 1.53. The number of hydrogen-bond donors (Lipinski definition) is 1. The summed E-state index contributed by atoms with van der Waals surface area (Å²) < 4.78 is 1.95. The summed E-state index contributed by atoms with van der Waals surface area (Å²) in [5.41, 5.74) is 2.36. The van der Waals surface area contributed by atoms with E-state index in [2.05, 4.69) is 41.2 Å². The van der Waals surface area contributed by atoms with Gasteiger partial charge < -0.3 is 15.1 Å². The van der Waals surface area contributed by atoms with Crippen LogP contribution in [0.3, 0.4) is 0 Å². The van der Waals surface area contributed by atoms with E-state index in [0.717, 1.165) is 56.8 Å². The SMILES string of the molecule is Cc1nn(C)c(N(C)C)c1CNC1CCN(C(=O)C2CC2)CC1. The summed E-state index contributed by atoms with van der Waals surface area (Å²) >= 11 is 0. The van der Waals surface area contributed by atoms with E-state index in [-0.39, 0.29) is 0 Å². The fraction of sp³-hybridized carbons (Fsp3) is 0.765. The lowest BCUT2D eigenvalue weighted by Gasteiger charge is -2.32. The zero-order chi connectivity index (χ0) is 16.6. The number of anilines is 1. The minimum absolute atomic E-state index is 0.347. The molecule has 6 nitrogen and oxygen atoms in total. The topological polar surface area (TPSA) is 53.4 Å². The third-order valence-electron chi connectivity index (χ3n) is 5.04. The first-order valence-electron chi connectivity index (χ1n) is 8.69. The van der Waals surface area contributed by atoms with Crippen molar-refractivity contribution in [1.82, 2.24) is 20.0 Å². The molecule has 1 aromatic rings. The van der Waals surface area contributed by atoms with Crippen molar-refractivity contribution >= 4 is 11.7 Å². The van der Waals surface area contributed by atoms with Gasteiger partial charge in [0.05, 0.1) is 5.69 Å². The molecule has 23 heavy (non-hydrogen) atoms. The molecular formula is C17H29N5O. The Morgan fingerprint density at radius 2 is 1.91 bits per heavy atom. The number of hydrogen-bond acceptors (Lipinski definition) is 4. The summed E-state index contributed by atoms with van der Waals surface area (Å²) in [6.45, 7) is 4.72. The molecule has 0 aromatic carbocycles. The van der Waals surface area contributed by atoms with Gasteiger partial charge in [0.25, 0.3) is 0 Å². The maximum absolute atomic E-state index is 12.1. The first kappa shape index (κ1) is 16.3. The highest BCUT2D eigenvalue weighted by Crippen LogP contribution is 2.32. The van der Waals surface area contributed by atoms with Gasteiger partial charge in [-0.3, -0.25) is 9.48 Å². The monoisotopic (exact) mass is 319 g/mol. The quantitative estimate of drug-likeness (QED) is 0.888. The van der Waals surface area contributed by atoms with Gasteiger partial charge in [0.1, 0.15) is 5.82 Å². The van der Waals surface area contributed by atoms with Crippen LogP contribution >= 0.6 is 0 Å². The second-order valence-corrected chi connectivity index (χ2v) is 7.16. The van der Waals surface area contributed by atoms with E-state index < -0.39 is 0 Å². The van der Waals surface area contributed by atoms with Crippen LogP contribution in [0, 0.1) is 12.8 Å². The predicted molar refractivity (Wildman–Crippen MR) is 91.4 cm³/mol. The van der Waals surface area contributed by atoms with Crippen molar-refractivity contribution in [1.29, 1.82) is 0 Å². The molecule has 2 fully saturated rings. The zero-order valence-corrected chi connectivity index (χ0v) is 14.8. The van der Waals surface area contributed by atoms with E-state index in [9.17, 15) is 4.79 Å². The Labute approximate surface area is 138 Å². The van der Waals surface area contributed by atoms with Crippen LogP contribution in [-0.4, -0.2) is 53.8 Å². The summed E-state index contributed by atoms with van der Waals surface area (Å²) in [5.74, 6) is 1.90. The highest BCUT2D eigenvalue weighted by atomic mass is 16.2. The Kier molecular flexibility index (Phi) is 4.62. The van der Waals surface area contributed by atoms with Crippen molar-refractivity contribution < 1.29 is 4.79 Å². The Hall–Kier alpha value is -1.56. The third kappa shape index (κ3) is 3.52. The van der Waals surface area contributed by atoms with Crippen LogP contribution in [0.5, 0.6) is 0 Å². The maximum Gasteiger partial charge on any atom is 0.225 e. The maximum atomic E-state index is 12.1. The first-order chi connectivity index (χ1) is 11.0. The van der Waals surface area contributed by atoms with Crippen molar-refractivity contribution in [3.63, 3.8) is 0 Å². The van der Waals surface area contributed by atoms with Gasteiger partial charge in [0.2, 0.25) is 5.91 Å². The lowest BCUT2D eigenvalue weighted by molar-refractivity contribution is -0.133. The summed E-state index contributed by atoms with van der Waals surface area (Å²) in [6, 6.07) is 0.493. The molecule has 0 spiro atoms. The molecule has 1 saturated heterocycles. The van der Waals surface area contributed by atoms with Gasteiger partial charge in [-0.2, -0.15) is 5.10 Å². The highest BCUT2D eigenvalue weighted by molar-refractivity contribution is 5.81. The molecule has 0 bridgehead atoms. The second kappa shape index (κ2) is 6.51. The van der Waals surface area contributed by atoms with Gasteiger partial charge in [-0.25, -0.2) is 0 Å². The number of amides is 1. The average Bonchev–Trinajstić information content (AvgIpc) is 3.31. The van der Waals surface area contributed by atoms with Gasteiger partial charge in [0.15, 0.2) is 0 Å². The van der Waals surface area contributed by atoms with Crippen LogP contribution in [0.2, 0.25) is 0 Å². The minimum atomic E-state index is 0.347. The van der Waals surface area contributed by atoms with Gasteiger partial charge >= 0.3 is 0 Å². The van der Waals surface area contributed by atoms with Crippen molar-refractivity contribution in [2.45, 2.75) is 45.2 Å². The van der Waals surface area contributed by atoms with Crippen molar-refractivity contribution in [3.8, 4) is 0 Å². The van der Waals surface area contributed by atoms with E-state index in [4.69, 9.17) is 0 Å². The minimum Gasteiger partial charge on any atom is -0.363 e. The van der Waals surface area contributed by atoms with Crippen molar-refractivity contribution in [2.24, 2.45) is 13.0 Å². The Morgan fingerprint density at radius 3 is 2.48 bits per heavy atom. The molecular weight excluding hydrogens is 290 g/mol. The molecule has 0 radical (unpaired) electrons. The lowest BCUT2D eigenvalue weighted by Crippen LogP contribution is -2.45. The van der Waals surface area contributed by atoms with E-state index in [1.54, 1.807) is 0 Å². The van der Waals surface area contributed by atoms with Gasteiger partial charge in [-0.05, 0) is 32.6 Å². The van der Waals surface area contributed by atoms with Crippen LogP contribution in [0.4, 0.5) is 5.82 Å². The fourth-order valence-electron chi connectivity index (χ4n) is 3.60. The number of carbonyl (C=O) groups excluding carboxylic acids is 1. The molecule has 3 rings (SSSR count). The number of likely N-dealkylation sites (tertiary alicyclic amines) is 1. The summed E-state index contributed by atoms with van der Waals surface area (Å²) in [4.78, 5) is 16.3. The number of aryl methyl sites for hydroxylation is 2. The van der Waals surface area contributed by atoms with E-state index in [1.807, 2.05) is 11.7 Å². The summed E-state index contributed by atoms with van der Waals surface area (Å²) in [7, 11) is 6.11. The lowest BCUT2D eigenvalue weighted by atomic mass is 10.0. The molecule has 2 heterocycles. The van der Waals surface area contributed by atoms with Crippen LogP contribution < -0.4 is 10.2 Å². The molecule has 128 valence electrons. The fourth-order valence-corrected chi connectivity index (χ4v) is 3.60. The van der Waals surface area contributed by atoms with E-state index in [1.165, 1.54) is 5.56 Å². The molecule has 0 atom stereocenters. The number of aromatic nitrogens is 2. The summed E-state index contributed by atoms with van der Waals surface area (Å²) in [5, 5.41) is 8.21. The van der Waals surface area contributed by atoms with Crippen molar-refractivity contribution in [3.05, 3.63) is 11.3 Å². The number of piperidine rings is 1. The van der Waals surface area contributed by atoms with Crippen LogP contribution in [0.25, 0.3) is 0 Å². The zero-order valence-electron chi connectivity index (χ0n) is 14.8. The molecule has 1 aliphatic carbocycles. The molecule has 0 unspecified atom stereocenters. The molecule has 1 amide bonds. The molecule has 2 aliphatic rings. The van der Waals surface area contributed by atoms with Crippen molar-refractivity contribution in [2.75, 3.05) is 32.1 Å². The summed E-state index contributed by atoms with van der Waals surface area (Å²) in [6.07, 6.45) is 4.30. The molecule has 1 aromatic heterocycles. The van der Waals surface area contributed by atoms with Gasteiger partial charge in [-0.15, -0.1) is 0 Å². The number of nitrogens with zero attached hydrogens (tertiary/aromatic N) is 4. The van der Waals surface area contributed by atoms with E-state index in [0.29, 0.717) is 17.9 Å². The largest absolute Gasteiger partial charge is 0.363 e. The van der Waals surface area contributed by atoms with E-state index >= 15 is 0 Å². The van der Waals surface area contributed by atoms with Gasteiger partial charge in [0, 0.05) is 58.3 Å². The highest BCUT2D eigenvalue weighted by Gasteiger charge is 2.34. The first-order valence-corrected chi connectivity index (χ1v) is 8.69. The Morgan fingerprint density at radius 1 is 1.26 bits per heavy atom. The second-order valence-electron chi connectivity index (χ2n) is 7.16. The molecule has 1 aliphatic heterocycles. The Bertz CT molecular complexity index is 568.